The normalized spacial score (nSPS) is 16.8. The number of hydrogen-bond acceptors (Lipinski definition) is 5. The second-order valence-corrected chi connectivity index (χ2v) is 5.61. The van der Waals surface area contributed by atoms with Crippen LogP contribution in [0.5, 0.6) is 0 Å². The topological polar surface area (TPSA) is 51.1 Å². The molecular weight excluding hydrogens is 320 g/mol. The average Bonchev–Trinajstić information content (AvgIpc) is 2.53. The Morgan fingerprint density at radius 1 is 1.20 bits per heavy atom. The predicted octanol–water partition coefficient (Wildman–Crippen LogP) is 2.41. The molecule has 2 aromatic heterocycles. The quantitative estimate of drug-likeness (QED) is 0.802. The number of piperidine rings is 1. The minimum atomic E-state index is 0.379. The van der Waals surface area contributed by atoms with Crippen LogP contribution in [0.2, 0.25) is 0 Å². The summed E-state index contributed by atoms with van der Waals surface area (Å²) in [7, 11) is 0. The molecule has 0 bridgehead atoms. The Morgan fingerprint density at radius 3 is 2.80 bits per heavy atom. The molecule has 3 heterocycles. The molecule has 0 saturated carbocycles. The van der Waals surface area contributed by atoms with E-state index in [4.69, 9.17) is 4.74 Å². The summed E-state index contributed by atoms with van der Waals surface area (Å²) in [6, 6.07) is 4.01. The van der Waals surface area contributed by atoms with Gasteiger partial charge in [0, 0.05) is 30.8 Å². The fourth-order valence-corrected chi connectivity index (χ4v) is 2.67. The third-order valence-corrected chi connectivity index (χ3v) is 3.84. The smallest absolute Gasteiger partial charge is 0.180 e. The second kappa shape index (κ2) is 6.45. The van der Waals surface area contributed by atoms with Gasteiger partial charge in [-0.3, -0.25) is 4.98 Å². The van der Waals surface area contributed by atoms with Crippen molar-refractivity contribution in [3.05, 3.63) is 24.5 Å². The molecule has 3 rings (SSSR count). The van der Waals surface area contributed by atoms with Crippen molar-refractivity contribution in [1.82, 2.24) is 15.0 Å². The number of aromatic nitrogens is 3. The molecule has 1 aliphatic rings. The maximum absolute atomic E-state index is 5.77. The Labute approximate surface area is 126 Å². The number of ether oxygens (including phenoxy) is 1. The van der Waals surface area contributed by atoms with Gasteiger partial charge in [0.25, 0.3) is 0 Å². The van der Waals surface area contributed by atoms with Crippen molar-refractivity contribution in [2.75, 3.05) is 29.9 Å². The van der Waals surface area contributed by atoms with Gasteiger partial charge in [-0.2, -0.15) is 0 Å². The number of pyridine rings is 1. The van der Waals surface area contributed by atoms with Crippen LogP contribution < -0.4 is 4.90 Å². The summed E-state index contributed by atoms with van der Waals surface area (Å²) in [5.41, 5.74) is 1.55. The first-order valence-electron chi connectivity index (χ1n) is 6.87. The zero-order valence-corrected chi connectivity index (χ0v) is 12.8. The molecule has 1 fully saturated rings. The molecular formula is C14H17BrN4O. The summed E-state index contributed by atoms with van der Waals surface area (Å²) in [6.07, 6.45) is 5.85. The van der Waals surface area contributed by atoms with E-state index >= 15 is 0 Å². The fourth-order valence-electron chi connectivity index (χ4n) is 2.48. The third-order valence-electron chi connectivity index (χ3n) is 3.51. The van der Waals surface area contributed by atoms with Crippen molar-refractivity contribution >= 4 is 32.9 Å². The van der Waals surface area contributed by atoms with Crippen LogP contribution in [0.4, 0.5) is 5.82 Å². The van der Waals surface area contributed by atoms with Crippen LogP contribution in [0.15, 0.2) is 24.5 Å². The van der Waals surface area contributed by atoms with Crippen LogP contribution >= 0.6 is 15.9 Å². The summed E-state index contributed by atoms with van der Waals surface area (Å²) in [5.74, 6) is 0.983. The van der Waals surface area contributed by atoms with Gasteiger partial charge >= 0.3 is 0 Å². The molecule has 1 saturated heterocycles. The highest BCUT2D eigenvalue weighted by atomic mass is 79.9. The van der Waals surface area contributed by atoms with Gasteiger partial charge in [0.1, 0.15) is 11.3 Å². The summed E-state index contributed by atoms with van der Waals surface area (Å²) in [6.45, 7) is 2.74. The number of rotatable bonds is 4. The lowest BCUT2D eigenvalue weighted by Gasteiger charge is -2.32. The van der Waals surface area contributed by atoms with Gasteiger partial charge in [0.05, 0.1) is 12.7 Å². The molecule has 0 unspecified atom stereocenters. The third kappa shape index (κ3) is 3.07. The van der Waals surface area contributed by atoms with Gasteiger partial charge in [-0.25, -0.2) is 9.97 Å². The maximum Gasteiger partial charge on any atom is 0.180 e. The van der Waals surface area contributed by atoms with Crippen LogP contribution in [-0.2, 0) is 4.74 Å². The van der Waals surface area contributed by atoms with Crippen molar-refractivity contribution in [3.8, 4) is 0 Å². The van der Waals surface area contributed by atoms with Crippen LogP contribution in [0.3, 0.4) is 0 Å². The van der Waals surface area contributed by atoms with Crippen molar-refractivity contribution in [1.29, 1.82) is 0 Å². The summed E-state index contributed by atoms with van der Waals surface area (Å²) in [5, 5.41) is 0.901. The highest BCUT2D eigenvalue weighted by Gasteiger charge is 2.20. The first kappa shape index (κ1) is 13.7. The lowest BCUT2D eigenvalue weighted by atomic mass is 10.1. The monoisotopic (exact) mass is 336 g/mol. The van der Waals surface area contributed by atoms with Crippen LogP contribution in [0.1, 0.15) is 12.8 Å². The first-order valence-corrected chi connectivity index (χ1v) is 7.99. The van der Waals surface area contributed by atoms with Crippen molar-refractivity contribution in [2.24, 2.45) is 0 Å². The lowest BCUT2D eigenvalue weighted by Crippen LogP contribution is -2.37. The Hall–Kier alpha value is -1.27. The van der Waals surface area contributed by atoms with Gasteiger partial charge in [-0.05, 0) is 25.0 Å². The minimum absolute atomic E-state index is 0.379. The zero-order valence-electron chi connectivity index (χ0n) is 11.2. The molecule has 2 aromatic rings. The standard InChI is InChI=1S/C14H17BrN4O/c15-5-10-20-11-3-8-19(9-4-11)13-2-1-12-14(18-13)17-7-6-16-12/h1-2,6-7,11H,3-5,8-10H2. The molecule has 20 heavy (non-hydrogen) atoms. The van der Waals surface area contributed by atoms with Crippen molar-refractivity contribution in [3.63, 3.8) is 0 Å². The van der Waals surface area contributed by atoms with E-state index in [1.165, 1.54) is 0 Å². The lowest BCUT2D eigenvalue weighted by molar-refractivity contribution is 0.0480. The zero-order chi connectivity index (χ0) is 13.8. The highest BCUT2D eigenvalue weighted by molar-refractivity contribution is 9.09. The van der Waals surface area contributed by atoms with E-state index in [0.29, 0.717) is 11.8 Å². The number of fused-ring (bicyclic) bond motifs is 1. The largest absolute Gasteiger partial charge is 0.377 e. The predicted molar refractivity (Wildman–Crippen MR) is 82.3 cm³/mol. The SMILES string of the molecule is BrCCOC1CCN(c2ccc3nccnc3n2)CC1. The van der Waals surface area contributed by atoms with Gasteiger partial charge in [-0.15, -0.1) is 0 Å². The molecule has 5 nitrogen and oxygen atoms in total. The van der Waals surface area contributed by atoms with Crippen LogP contribution in [0, 0.1) is 0 Å². The Balaban J connectivity index is 1.67. The molecule has 0 amide bonds. The first-order chi connectivity index (χ1) is 9.86. The number of alkyl halides is 1. The fraction of sp³-hybridized carbons (Fsp3) is 0.500. The number of hydrogen-bond donors (Lipinski definition) is 0. The summed E-state index contributed by atoms with van der Waals surface area (Å²) < 4.78 is 5.77. The Morgan fingerprint density at radius 2 is 2.00 bits per heavy atom. The van der Waals surface area contributed by atoms with Gasteiger partial charge < -0.3 is 9.64 Å². The van der Waals surface area contributed by atoms with E-state index in [-0.39, 0.29) is 0 Å². The average molecular weight is 337 g/mol. The van der Waals surface area contributed by atoms with Crippen molar-refractivity contribution < 1.29 is 4.74 Å². The molecule has 0 aliphatic carbocycles. The van der Waals surface area contributed by atoms with E-state index in [9.17, 15) is 0 Å². The molecule has 6 heteroatoms. The minimum Gasteiger partial charge on any atom is -0.377 e. The second-order valence-electron chi connectivity index (χ2n) is 4.81. The number of anilines is 1. The van der Waals surface area contributed by atoms with E-state index in [2.05, 4.69) is 35.8 Å². The molecule has 1 aliphatic heterocycles. The number of nitrogens with zero attached hydrogens (tertiary/aromatic N) is 4. The van der Waals surface area contributed by atoms with E-state index < -0.39 is 0 Å². The Bertz CT molecular complexity index is 572. The molecule has 106 valence electrons. The molecule has 0 aromatic carbocycles. The Kier molecular flexibility index (Phi) is 4.42. The van der Waals surface area contributed by atoms with E-state index in [1.807, 2.05) is 12.1 Å². The summed E-state index contributed by atoms with van der Waals surface area (Å²) in [4.78, 5) is 15.4. The molecule has 0 N–H and O–H groups in total. The maximum atomic E-state index is 5.77. The summed E-state index contributed by atoms with van der Waals surface area (Å²) >= 11 is 3.39. The van der Waals surface area contributed by atoms with E-state index in [1.54, 1.807) is 12.4 Å². The molecule has 0 radical (unpaired) electrons. The number of halogens is 1. The molecule has 0 atom stereocenters. The highest BCUT2D eigenvalue weighted by Crippen LogP contribution is 2.21. The van der Waals surface area contributed by atoms with Gasteiger partial charge in [0.15, 0.2) is 5.65 Å². The van der Waals surface area contributed by atoms with Gasteiger partial charge in [-0.1, -0.05) is 15.9 Å². The molecule has 0 spiro atoms. The van der Waals surface area contributed by atoms with Gasteiger partial charge in [0.2, 0.25) is 0 Å². The van der Waals surface area contributed by atoms with Crippen LogP contribution in [-0.4, -0.2) is 46.1 Å². The van der Waals surface area contributed by atoms with Crippen LogP contribution in [0.25, 0.3) is 11.2 Å². The van der Waals surface area contributed by atoms with E-state index in [0.717, 1.165) is 49.2 Å². The van der Waals surface area contributed by atoms with Crippen molar-refractivity contribution in [2.45, 2.75) is 18.9 Å².